The molecule has 1 aliphatic rings. The average molecular weight is 356 g/mol. The first-order chi connectivity index (χ1) is 10.7. The Hall–Kier alpha value is -1.04. The van der Waals surface area contributed by atoms with Crippen LogP contribution in [0.5, 0.6) is 0 Å². The van der Waals surface area contributed by atoms with Crippen molar-refractivity contribution in [1.82, 2.24) is 0 Å². The van der Waals surface area contributed by atoms with Crippen LogP contribution in [0.25, 0.3) is 0 Å². The van der Waals surface area contributed by atoms with Crippen molar-refractivity contribution in [2.75, 3.05) is 6.61 Å². The van der Waals surface area contributed by atoms with Crippen molar-refractivity contribution in [3.63, 3.8) is 0 Å². The molecule has 2 rings (SSSR count). The van der Waals surface area contributed by atoms with Crippen molar-refractivity contribution in [3.8, 4) is 0 Å². The van der Waals surface area contributed by atoms with E-state index in [9.17, 15) is 4.79 Å². The summed E-state index contributed by atoms with van der Waals surface area (Å²) in [6.07, 6.45) is 6.37. The Morgan fingerprint density at radius 2 is 2.00 bits per heavy atom. The van der Waals surface area contributed by atoms with Gasteiger partial charge in [0.15, 0.2) is 0 Å². The van der Waals surface area contributed by atoms with Gasteiger partial charge in [-0.3, -0.25) is 4.79 Å². The van der Waals surface area contributed by atoms with Gasteiger partial charge in [-0.25, -0.2) is 0 Å². The first kappa shape index (κ1) is 22.0. The zero-order valence-electron chi connectivity index (χ0n) is 13.9. The lowest BCUT2D eigenvalue weighted by molar-refractivity contribution is -0.132. The number of hydrogen-bond acceptors (Lipinski definition) is 3. The van der Waals surface area contributed by atoms with Gasteiger partial charge in [0, 0.05) is 11.5 Å². The lowest BCUT2D eigenvalue weighted by atomic mass is 10.1. The van der Waals surface area contributed by atoms with Gasteiger partial charge in [-0.05, 0) is 43.6 Å². The van der Waals surface area contributed by atoms with E-state index in [4.69, 9.17) is 10.5 Å². The number of nitrogens with two attached hydrogens (primary N) is 1. The topological polar surface area (TPSA) is 52.3 Å². The first-order valence-corrected chi connectivity index (χ1v) is 8.88. The van der Waals surface area contributed by atoms with E-state index in [-0.39, 0.29) is 25.5 Å². The van der Waals surface area contributed by atoms with Gasteiger partial charge in [0.1, 0.15) is 6.10 Å². The summed E-state index contributed by atoms with van der Waals surface area (Å²) in [5.41, 5.74) is 5.00. The second-order valence-corrected chi connectivity index (χ2v) is 6.24. The second-order valence-electron chi connectivity index (χ2n) is 5.21. The highest BCUT2D eigenvalue weighted by molar-refractivity contribution is 7.59. The van der Waals surface area contributed by atoms with Crippen molar-refractivity contribution >= 4 is 30.7 Å². The number of aryl methyl sites for hydroxylation is 1. The fourth-order valence-electron chi connectivity index (χ4n) is 2.03. The summed E-state index contributed by atoms with van der Waals surface area (Å²) in [7, 11) is 0. The van der Waals surface area contributed by atoms with Crippen molar-refractivity contribution < 1.29 is 9.53 Å². The highest BCUT2D eigenvalue weighted by Gasteiger charge is 2.18. The summed E-state index contributed by atoms with van der Waals surface area (Å²) in [6, 6.07) is 12.6. The number of hydrogen-bond donors (Lipinski definition) is 1. The predicted molar refractivity (Wildman–Crippen MR) is 104 cm³/mol. The molecule has 2 N–H and O–H groups in total. The van der Waals surface area contributed by atoms with E-state index >= 15 is 0 Å². The molecule has 2 heterocycles. The van der Waals surface area contributed by atoms with Crippen molar-refractivity contribution in [2.24, 2.45) is 5.73 Å². The molecule has 0 aromatic carbocycles. The van der Waals surface area contributed by atoms with Gasteiger partial charge in [-0.15, -0.1) is 11.3 Å². The molecule has 23 heavy (non-hydrogen) atoms. The standard InChI is InChI=1S/C12H16S.C6H11NO2.H2S/c1-2-3-9-12-10-7-5-4-6-8-11-13-12;7-6(8)5-3-1-2-4-9-5;/h4-8,10-11H,2-3,9H2,1H3;5H,1-4H2,(H2,7,8);1H2. The van der Waals surface area contributed by atoms with Crippen LogP contribution in [0.2, 0.25) is 0 Å². The lowest BCUT2D eigenvalue weighted by Crippen LogP contribution is -2.33. The van der Waals surface area contributed by atoms with Gasteiger partial charge < -0.3 is 10.5 Å². The van der Waals surface area contributed by atoms with Gasteiger partial charge in [-0.2, -0.15) is 13.5 Å². The highest BCUT2D eigenvalue weighted by atomic mass is 32.1. The number of ether oxygens (including phenoxy) is 1. The van der Waals surface area contributed by atoms with Gasteiger partial charge in [0.05, 0.1) is 0 Å². The van der Waals surface area contributed by atoms with Crippen LogP contribution in [-0.4, -0.2) is 18.6 Å². The fourth-order valence-corrected chi connectivity index (χ4v) is 2.79. The van der Waals surface area contributed by atoms with E-state index in [0.717, 1.165) is 19.3 Å². The van der Waals surface area contributed by atoms with Crippen molar-refractivity contribution in [3.05, 3.63) is 46.7 Å². The van der Waals surface area contributed by atoms with E-state index in [1.807, 2.05) is 11.3 Å². The molecular weight excluding hydrogens is 326 g/mol. The van der Waals surface area contributed by atoms with Crippen LogP contribution in [0.15, 0.2) is 41.8 Å². The maximum Gasteiger partial charge on any atom is 0.246 e. The van der Waals surface area contributed by atoms with Crippen LogP contribution >= 0.6 is 24.8 Å². The molecule has 1 amide bonds. The molecule has 1 aliphatic heterocycles. The van der Waals surface area contributed by atoms with Gasteiger partial charge >= 0.3 is 0 Å². The Morgan fingerprint density at radius 1 is 1.26 bits per heavy atom. The zero-order chi connectivity index (χ0) is 16.0. The zero-order valence-corrected chi connectivity index (χ0v) is 15.7. The summed E-state index contributed by atoms with van der Waals surface area (Å²) in [5.74, 6) is -0.324. The largest absolute Gasteiger partial charge is 0.368 e. The first-order valence-electron chi connectivity index (χ1n) is 8.00. The number of amides is 1. The van der Waals surface area contributed by atoms with E-state index in [2.05, 4.69) is 48.7 Å². The molecule has 3 nitrogen and oxygen atoms in total. The predicted octanol–water partition coefficient (Wildman–Crippen LogP) is 4.37. The lowest BCUT2D eigenvalue weighted by Gasteiger charge is -2.18. The van der Waals surface area contributed by atoms with E-state index in [1.165, 1.54) is 24.1 Å². The fraction of sp³-hybridized carbons (Fsp3) is 0.500. The van der Waals surface area contributed by atoms with Crippen LogP contribution in [0, 0.1) is 0 Å². The molecule has 1 aromatic heterocycles. The summed E-state index contributed by atoms with van der Waals surface area (Å²) < 4.78 is 5.06. The minimum Gasteiger partial charge on any atom is -0.368 e. The number of carbonyl (C=O) groups is 1. The number of unbranched alkanes of at least 4 members (excludes halogenated alkanes) is 1. The maximum atomic E-state index is 10.5. The molecule has 1 unspecified atom stereocenters. The molecule has 0 aliphatic carbocycles. The second kappa shape index (κ2) is 14.5. The molecule has 1 atom stereocenters. The van der Waals surface area contributed by atoms with Crippen molar-refractivity contribution in [2.45, 2.75) is 51.6 Å². The maximum absolute atomic E-state index is 10.5. The van der Waals surface area contributed by atoms with Gasteiger partial charge in [-0.1, -0.05) is 43.7 Å². The van der Waals surface area contributed by atoms with Crippen LogP contribution in [-0.2, 0) is 16.0 Å². The molecule has 5 heteroatoms. The molecule has 1 aromatic rings. The molecule has 1 fully saturated rings. The number of primary amides is 1. The molecular formula is C18H29NO2S2. The van der Waals surface area contributed by atoms with Crippen LogP contribution in [0.3, 0.4) is 0 Å². The molecule has 0 bridgehead atoms. The van der Waals surface area contributed by atoms with E-state index in [1.54, 1.807) is 0 Å². The Kier molecular flexibility index (Phi) is 13.9. The summed E-state index contributed by atoms with van der Waals surface area (Å²) >= 11 is 1.83. The minimum absolute atomic E-state index is 0. The molecule has 130 valence electrons. The Balaban J connectivity index is 0.000000427. The molecule has 0 saturated carbocycles. The number of carbonyl (C=O) groups excluding carboxylic acids is 1. The Morgan fingerprint density at radius 3 is 2.61 bits per heavy atom. The van der Waals surface area contributed by atoms with Gasteiger partial charge in [0.2, 0.25) is 5.91 Å². The quantitative estimate of drug-likeness (QED) is 0.872. The van der Waals surface area contributed by atoms with Crippen LogP contribution in [0.1, 0.15) is 43.9 Å². The molecule has 0 radical (unpaired) electrons. The van der Waals surface area contributed by atoms with Gasteiger partial charge in [0.25, 0.3) is 0 Å². The van der Waals surface area contributed by atoms with Crippen molar-refractivity contribution in [1.29, 1.82) is 0 Å². The monoisotopic (exact) mass is 355 g/mol. The third-order valence-electron chi connectivity index (χ3n) is 3.30. The third-order valence-corrected chi connectivity index (χ3v) is 4.23. The van der Waals surface area contributed by atoms with E-state index in [0.29, 0.717) is 6.61 Å². The van der Waals surface area contributed by atoms with Crippen LogP contribution < -0.4 is 5.73 Å². The summed E-state index contributed by atoms with van der Waals surface area (Å²) in [6.45, 7) is 2.92. The normalized spacial score (nSPS) is 16.1. The summed E-state index contributed by atoms with van der Waals surface area (Å²) in [4.78, 5) is 11.9. The molecule has 0 spiro atoms. The summed E-state index contributed by atoms with van der Waals surface area (Å²) in [5, 5.41) is 2.14. The number of rotatable bonds is 4. The average Bonchev–Trinajstić information content (AvgIpc) is 2.68. The Labute approximate surface area is 151 Å². The Bertz CT molecular complexity index is 446. The highest BCUT2D eigenvalue weighted by Crippen LogP contribution is 2.11. The minimum atomic E-state index is -0.324. The third kappa shape index (κ3) is 11.2. The van der Waals surface area contributed by atoms with E-state index < -0.39 is 0 Å². The smallest absolute Gasteiger partial charge is 0.246 e. The van der Waals surface area contributed by atoms with Crippen LogP contribution in [0.4, 0.5) is 0 Å². The SMILES string of the molecule is CCCCc1cccccccs1.NC(=O)C1CCCCO1.S. The molecule has 1 saturated heterocycles.